The van der Waals surface area contributed by atoms with Gasteiger partial charge in [-0.05, 0) is 13.8 Å². The third-order valence-electron chi connectivity index (χ3n) is 2.46. The number of ether oxygens (including phenoxy) is 1. The number of fused-ring (bicyclic) bond motifs is 1. The van der Waals surface area contributed by atoms with Crippen molar-refractivity contribution in [1.82, 2.24) is 19.7 Å². The van der Waals surface area contributed by atoms with Crippen LogP contribution in [0.1, 0.15) is 19.5 Å². The van der Waals surface area contributed by atoms with Crippen LogP contribution in [0.3, 0.4) is 0 Å². The van der Waals surface area contributed by atoms with E-state index in [1.165, 1.54) is 0 Å². The topological polar surface area (TPSA) is 130 Å². The van der Waals surface area contributed by atoms with Gasteiger partial charge in [0.25, 0.3) is 11.5 Å². The molecule has 0 radical (unpaired) electrons. The van der Waals surface area contributed by atoms with Crippen molar-refractivity contribution in [2.24, 2.45) is 0 Å². The molecule has 9 heteroatoms. The number of rotatable bonds is 4. The van der Waals surface area contributed by atoms with E-state index in [2.05, 4.69) is 15.1 Å². The molecule has 9 nitrogen and oxygen atoms in total. The lowest BCUT2D eigenvalue weighted by Gasteiger charge is -2.02. The van der Waals surface area contributed by atoms with E-state index in [1.54, 1.807) is 11.6 Å². The lowest BCUT2D eigenvalue weighted by atomic mass is 10.4. The molecule has 0 atom stereocenters. The summed E-state index contributed by atoms with van der Waals surface area (Å²) in [6, 6.07) is 0. The van der Waals surface area contributed by atoms with Gasteiger partial charge < -0.3 is 14.8 Å². The van der Waals surface area contributed by atoms with Crippen molar-refractivity contribution in [2.45, 2.75) is 27.3 Å². The molecule has 0 aromatic carbocycles. The van der Waals surface area contributed by atoms with E-state index in [0.717, 1.165) is 6.92 Å². The van der Waals surface area contributed by atoms with E-state index in [0.29, 0.717) is 36.5 Å². The number of carbonyl (C=O) groups is 1. The largest absolute Gasteiger partial charge is 0.481 e. The van der Waals surface area contributed by atoms with Gasteiger partial charge in [0.15, 0.2) is 5.52 Å². The van der Waals surface area contributed by atoms with Crippen molar-refractivity contribution >= 4 is 17.0 Å². The second-order valence-corrected chi connectivity index (χ2v) is 4.16. The Morgan fingerprint density at radius 2 is 2.00 bits per heavy atom. The number of carboxylic acids is 1. The minimum absolute atomic E-state index is 0.377. The van der Waals surface area contributed by atoms with Crippen LogP contribution in [0.25, 0.3) is 11.0 Å². The van der Waals surface area contributed by atoms with Gasteiger partial charge in [-0.15, -0.1) is 0 Å². The van der Waals surface area contributed by atoms with Gasteiger partial charge in [0.1, 0.15) is 0 Å². The average Bonchev–Trinajstić information content (AvgIpc) is 2.66. The molecule has 3 N–H and O–H groups in total. The third-order valence-corrected chi connectivity index (χ3v) is 2.46. The summed E-state index contributed by atoms with van der Waals surface area (Å²) in [6.45, 7) is 6.30. The van der Waals surface area contributed by atoms with Crippen LogP contribution in [-0.2, 0) is 16.1 Å². The van der Waals surface area contributed by atoms with Crippen LogP contribution in [0.5, 0.6) is 0 Å². The highest BCUT2D eigenvalue weighted by Crippen LogP contribution is 2.09. The van der Waals surface area contributed by atoms with Crippen molar-refractivity contribution < 1.29 is 14.6 Å². The highest BCUT2D eigenvalue weighted by molar-refractivity contribution is 5.75. The van der Waals surface area contributed by atoms with Gasteiger partial charge in [-0.3, -0.25) is 19.3 Å². The SMILES string of the molecule is CC(=O)O.CCOCCn1nc(C)c2[nH]c(=O)[nH]c(=O)c21. The van der Waals surface area contributed by atoms with Gasteiger partial charge in [-0.2, -0.15) is 5.10 Å². The zero-order valence-corrected chi connectivity index (χ0v) is 12.1. The summed E-state index contributed by atoms with van der Waals surface area (Å²) < 4.78 is 6.76. The molecule has 116 valence electrons. The molecule has 0 fully saturated rings. The molecule has 0 saturated carbocycles. The number of nitrogens with zero attached hydrogens (tertiary/aromatic N) is 2. The molecule has 0 spiro atoms. The van der Waals surface area contributed by atoms with Crippen LogP contribution < -0.4 is 11.2 Å². The first-order valence-corrected chi connectivity index (χ1v) is 6.33. The summed E-state index contributed by atoms with van der Waals surface area (Å²) >= 11 is 0. The van der Waals surface area contributed by atoms with Crippen molar-refractivity contribution in [1.29, 1.82) is 0 Å². The molecule has 0 aliphatic heterocycles. The molecule has 2 heterocycles. The van der Waals surface area contributed by atoms with Crippen LogP contribution in [0.2, 0.25) is 0 Å². The van der Waals surface area contributed by atoms with Crippen LogP contribution in [-0.4, -0.2) is 44.0 Å². The quantitative estimate of drug-likeness (QED) is 0.673. The molecule has 2 aromatic heterocycles. The Labute approximate surface area is 119 Å². The second-order valence-electron chi connectivity index (χ2n) is 4.16. The number of aromatic nitrogens is 4. The van der Waals surface area contributed by atoms with E-state index in [4.69, 9.17) is 14.6 Å². The highest BCUT2D eigenvalue weighted by atomic mass is 16.5. The van der Waals surface area contributed by atoms with Crippen LogP contribution in [0, 0.1) is 6.92 Å². The molecule has 0 bridgehead atoms. The first-order valence-electron chi connectivity index (χ1n) is 6.33. The van der Waals surface area contributed by atoms with Crippen molar-refractivity contribution in [3.63, 3.8) is 0 Å². The Kier molecular flexibility index (Phi) is 5.85. The van der Waals surface area contributed by atoms with E-state index >= 15 is 0 Å². The number of carboxylic acid groups (broad SMARTS) is 1. The predicted octanol–water partition coefficient (Wildman–Crippen LogP) is -0.151. The predicted molar refractivity (Wildman–Crippen MR) is 75.5 cm³/mol. The average molecular weight is 298 g/mol. The normalized spacial score (nSPS) is 10.2. The minimum Gasteiger partial charge on any atom is -0.481 e. The number of aromatic amines is 2. The zero-order chi connectivity index (χ0) is 16.0. The van der Waals surface area contributed by atoms with E-state index in [9.17, 15) is 9.59 Å². The Morgan fingerprint density at radius 1 is 1.38 bits per heavy atom. The summed E-state index contributed by atoms with van der Waals surface area (Å²) in [4.78, 5) is 36.6. The molecule has 2 aromatic rings. The maximum atomic E-state index is 11.7. The fraction of sp³-hybridized carbons (Fsp3) is 0.500. The van der Waals surface area contributed by atoms with E-state index in [-0.39, 0.29) is 0 Å². The number of H-pyrrole nitrogens is 2. The molecular weight excluding hydrogens is 280 g/mol. The Bertz CT molecular complexity index is 723. The third kappa shape index (κ3) is 4.56. The standard InChI is InChI=1S/C10H14N4O3.C2H4O2/c1-3-17-5-4-14-8-7(6(2)13-14)11-10(16)12-9(8)15;1-2(3)4/h3-5H2,1-2H3,(H2,11,12,15,16);1H3,(H,3,4). The molecule has 2 rings (SSSR count). The molecular formula is C12H18N4O5. The Morgan fingerprint density at radius 3 is 2.57 bits per heavy atom. The molecule has 0 aliphatic rings. The summed E-state index contributed by atoms with van der Waals surface area (Å²) in [5.74, 6) is -0.833. The summed E-state index contributed by atoms with van der Waals surface area (Å²) in [5.41, 5.74) is 0.535. The fourth-order valence-corrected chi connectivity index (χ4v) is 1.73. The number of aryl methyl sites for hydroxylation is 1. The molecule has 21 heavy (non-hydrogen) atoms. The highest BCUT2D eigenvalue weighted by Gasteiger charge is 2.11. The number of hydrogen-bond acceptors (Lipinski definition) is 5. The Balaban J connectivity index is 0.000000491. The van der Waals surface area contributed by atoms with Gasteiger partial charge in [0, 0.05) is 13.5 Å². The number of nitrogens with one attached hydrogen (secondary N) is 2. The summed E-state index contributed by atoms with van der Waals surface area (Å²) in [7, 11) is 0. The molecule has 0 unspecified atom stereocenters. The van der Waals surface area contributed by atoms with Gasteiger partial charge >= 0.3 is 5.69 Å². The van der Waals surface area contributed by atoms with Crippen molar-refractivity contribution in [2.75, 3.05) is 13.2 Å². The smallest absolute Gasteiger partial charge is 0.326 e. The maximum Gasteiger partial charge on any atom is 0.326 e. The number of hydrogen-bond donors (Lipinski definition) is 3. The van der Waals surface area contributed by atoms with Crippen LogP contribution in [0.4, 0.5) is 0 Å². The van der Waals surface area contributed by atoms with Crippen molar-refractivity contribution in [3.8, 4) is 0 Å². The molecule has 0 saturated heterocycles. The molecule has 0 aliphatic carbocycles. The monoisotopic (exact) mass is 298 g/mol. The first kappa shape index (κ1) is 16.6. The van der Waals surface area contributed by atoms with Crippen LogP contribution >= 0.6 is 0 Å². The maximum absolute atomic E-state index is 11.7. The lowest BCUT2D eigenvalue weighted by molar-refractivity contribution is -0.134. The summed E-state index contributed by atoms with van der Waals surface area (Å²) in [5, 5.41) is 11.6. The lowest BCUT2D eigenvalue weighted by Crippen LogP contribution is -2.24. The Hall–Kier alpha value is -2.42. The van der Waals surface area contributed by atoms with Gasteiger partial charge in [0.2, 0.25) is 0 Å². The fourth-order valence-electron chi connectivity index (χ4n) is 1.73. The number of aliphatic carboxylic acids is 1. The van der Waals surface area contributed by atoms with E-state index in [1.807, 2.05) is 6.92 Å². The molecule has 0 amide bonds. The van der Waals surface area contributed by atoms with E-state index < -0.39 is 17.2 Å². The first-order chi connectivity index (χ1) is 9.86. The van der Waals surface area contributed by atoms with Gasteiger partial charge in [-0.1, -0.05) is 0 Å². The van der Waals surface area contributed by atoms with Gasteiger partial charge in [-0.25, -0.2) is 4.79 Å². The van der Waals surface area contributed by atoms with Crippen LogP contribution in [0.15, 0.2) is 9.59 Å². The summed E-state index contributed by atoms with van der Waals surface area (Å²) in [6.07, 6.45) is 0. The minimum atomic E-state index is -0.833. The van der Waals surface area contributed by atoms with Crippen molar-refractivity contribution in [3.05, 3.63) is 26.5 Å². The van der Waals surface area contributed by atoms with Gasteiger partial charge in [0.05, 0.1) is 24.4 Å². The second kappa shape index (κ2) is 7.39. The zero-order valence-electron chi connectivity index (χ0n) is 12.1.